The summed E-state index contributed by atoms with van der Waals surface area (Å²) in [4.78, 5) is 0. The van der Waals surface area contributed by atoms with Crippen LogP contribution in [0.1, 0.15) is 6.42 Å². The number of nitrogens with one attached hydrogen (secondary N) is 1. The van der Waals surface area contributed by atoms with Crippen LogP contribution in [0.3, 0.4) is 0 Å². The third kappa shape index (κ3) is 0.884. The largest absolute Gasteiger partial charge is 0.254 e. The van der Waals surface area contributed by atoms with E-state index >= 15 is 0 Å². The average Bonchev–Trinajstić information content (AvgIpc) is 1.86. The van der Waals surface area contributed by atoms with E-state index in [0.717, 1.165) is 12.2 Å². The number of thioether (sulfide) groups is 1. The van der Waals surface area contributed by atoms with E-state index in [1.54, 1.807) is 0 Å². The Morgan fingerprint density at radius 1 is 1.67 bits per heavy atom. The molecule has 1 saturated heterocycles. The molecule has 1 radical (unpaired) electrons. The van der Waals surface area contributed by atoms with Crippen LogP contribution in [-0.2, 0) is 0 Å². The lowest BCUT2D eigenvalue weighted by Crippen LogP contribution is -2.04. The highest BCUT2D eigenvalue weighted by Crippen LogP contribution is 2.15. The van der Waals surface area contributed by atoms with Crippen LogP contribution in [0.4, 0.5) is 0 Å². The van der Waals surface area contributed by atoms with Gasteiger partial charge in [0.2, 0.25) is 0 Å². The van der Waals surface area contributed by atoms with E-state index in [2.05, 4.69) is 0 Å². The molecule has 1 unspecified atom stereocenters. The van der Waals surface area contributed by atoms with Crippen LogP contribution in [-0.4, -0.2) is 17.5 Å². The van der Waals surface area contributed by atoms with Crippen LogP contribution in [0.15, 0.2) is 0 Å². The molecule has 0 aromatic carbocycles. The average molecular weight is 102 g/mol. The topological polar surface area (TPSA) is 23.8 Å². The van der Waals surface area contributed by atoms with Crippen molar-refractivity contribution in [1.82, 2.24) is 5.73 Å². The van der Waals surface area contributed by atoms with Crippen LogP contribution in [0.2, 0.25) is 0 Å². The molecule has 0 bridgehead atoms. The fourth-order valence-corrected chi connectivity index (χ4v) is 1.60. The minimum Gasteiger partial charge on any atom is -0.254 e. The third-order valence-corrected chi connectivity index (χ3v) is 2.09. The normalized spacial score (nSPS) is 34.5. The highest BCUT2D eigenvalue weighted by molar-refractivity contribution is 7.99. The number of hydrogen-bond acceptors (Lipinski definition) is 1. The van der Waals surface area contributed by atoms with Gasteiger partial charge in [-0.1, -0.05) is 0 Å². The van der Waals surface area contributed by atoms with E-state index in [0.29, 0.717) is 0 Å². The van der Waals surface area contributed by atoms with Crippen LogP contribution >= 0.6 is 11.8 Å². The summed E-state index contributed by atoms with van der Waals surface area (Å²) < 4.78 is 0. The second-order valence-electron chi connectivity index (χ2n) is 1.56. The lowest BCUT2D eigenvalue weighted by Gasteiger charge is -1.89. The van der Waals surface area contributed by atoms with Crippen molar-refractivity contribution in [3.63, 3.8) is 0 Å². The Hall–Kier alpha value is 0.310. The zero-order valence-electron chi connectivity index (χ0n) is 3.61. The summed E-state index contributed by atoms with van der Waals surface area (Å²) in [5.74, 6) is 2.29. The lowest BCUT2D eigenvalue weighted by molar-refractivity contribution is 0.735. The fraction of sp³-hybridized carbons (Fsp3) is 1.00. The maximum atomic E-state index is 7.11. The molecule has 1 aliphatic heterocycles. The molecule has 1 aliphatic rings. The maximum Gasteiger partial charge on any atom is 0.0311 e. The van der Waals surface area contributed by atoms with Gasteiger partial charge < -0.3 is 0 Å². The summed E-state index contributed by atoms with van der Waals surface area (Å²) in [6, 6.07) is 0.259. The zero-order chi connectivity index (χ0) is 4.41. The Morgan fingerprint density at radius 2 is 2.50 bits per heavy atom. The Balaban J connectivity index is 2.18. The molecule has 1 heterocycles. The molecule has 1 N–H and O–H groups in total. The Kier molecular flexibility index (Phi) is 1.37. The molecule has 35 valence electrons. The molecule has 0 amide bonds. The molecule has 0 aliphatic carbocycles. The van der Waals surface area contributed by atoms with Gasteiger partial charge in [-0.25, -0.2) is 0 Å². The second kappa shape index (κ2) is 1.85. The van der Waals surface area contributed by atoms with Crippen molar-refractivity contribution in [3.8, 4) is 0 Å². The molecular formula is C4H8NS. The molecule has 1 atom stereocenters. The first-order valence-electron chi connectivity index (χ1n) is 2.18. The molecule has 1 nitrogen and oxygen atoms in total. The van der Waals surface area contributed by atoms with Crippen molar-refractivity contribution in [3.05, 3.63) is 0 Å². The second-order valence-corrected chi connectivity index (χ2v) is 2.71. The third-order valence-electron chi connectivity index (χ3n) is 0.930. The van der Waals surface area contributed by atoms with Crippen LogP contribution in [0.25, 0.3) is 0 Å². The summed E-state index contributed by atoms with van der Waals surface area (Å²) in [7, 11) is 0. The summed E-state index contributed by atoms with van der Waals surface area (Å²) in [5, 5.41) is 0. The highest BCUT2D eigenvalue weighted by Gasteiger charge is 2.09. The number of hydrogen-bond donors (Lipinski definition) is 0. The molecule has 2 heteroatoms. The molecule has 0 aromatic rings. The van der Waals surface area contributed by atoms with Crippen molar-refractivity contribution in [2.24, 2.45) is 0 Å². The first kappa shape index (κ1) is 4.47. The van der Waals surface area contributed by atoms with Crippen LogP contribution in [0.5, 0.6) is 0 Å². The molecular weight excluding hydrogens is 94.1 g/mol. The van der Waals surface area contributed by atoms with E-state index in [-0.39, 0.29) is 6.04 Å². The Labute approximate surface area is 42.3 Å². The Morgan fingerprint density at radius 3 is 2.67 bits per heavy atom. The fourth-order valence-electron chi connectivity index (χ4n) is 0.535. The summed E-state index contributed by atoms with van der Waals surface area (Å²) in [5.41, 5.74) is 7.11. The van der Waals surface area contributed by atoms with Gasteiger partial charge >= 0.3 is 0 Å². The van der Waals surface area contributed by atoms with E-state index in [4.69, 9.17) is 5.73 Å². The van der Waals surface area contributed by atoms with Crippen LogP contribution < -0.4 is 5.73 Å². The molecule has 6 heavy (non-hydrogen) atoms. The molecule has 1 fully saturated rings. The van der Waals surface area contributed by atoms with E-state index in [1.165, 1.54) is 5.75 Å². The van der Waals surface area contributed by atoms with Gasteiger partial charge in [-0.15, -0.1) is 0 Å². The van der Waals surface area contributed by atoms with Crippen molar-refractivity contribution in [2.45, 2.75) is 12.5 Å². The maximum absolute atomic E-state index is 7.11. The summed E-state index contributed by atoms with van der Waals surface area (Å²) in [6.45, 7) is 0. The summed E-state index contributed by atoms with van der Waals surface area (Å²) >= 11 is 1.89. The van der Waals surface area contributed by atoms with Gasteiger partial charge in [-0.2, -0.15) is 11.8 Å². The monoisotopic (exact) mass is 102 g/mol. The van der Waals surface area contributed by atoms with Gasteiger partial charge in [0.25, 0.3) is 0 Å². The van der Waals surface area contributed by atoms with Gasteiger partial charge in [0.15, 0.2) is 0 Å². The first-order valence-corrected chi connectivity index (χ1v) is 3.34. The predicted octanol–water partition coefficient (Wildman–Crippen LogP) is 0.775. The van der Waals surface area contributed by atoms with Crippen molar-refractivity contribution >= 4 is 11.8 Å². The molecule has 0 aromatic heterocycles. The smallest absolute Gasteiger partial charge is 0.0311 e. The lowest BCUT2D eigenvalue weighted by atomic mass is 10.3. The highest BCUT2D eigenvalue weighted by atomic mass is 32.2. The standard InChI is InChI=1S/C4H8NS/c5-4-1-2-6-3-4/h4-5H,1-3H2. The van der Waals surface area contributed by atoms with Gasteiger partial charge in [0, 0.05) is 11.8 Å². The quantitative estimate of drug-likeness (QED) is 0.443. The van der Waals surface area contributed by atoms with Gasteiger partial charge in [-0.3, -0.25) is 5.73 Å². The number of rotatable bonds is 0. The minimum absolute atomic E-state index is 0.259. The molecule has 0 saturated carbocycles. The van der Waals surface area contributed by atoms with Crippen molar-refractivity contribution in [1.29, 1.82) is 0 Å². The predicted molar refractivity (Wildman–Crippen MR) is 28.8 cm³/mol. The molecule has 0 spiro atoms. The van der Waals surface area contributed by atoms with Crippen molar-refractivity contribution < 1.29 is 0 Å². The minimum atomic E-state index is 0.259. The van der Waals surface area contributed by atoms with E-state index < -0.39 is 0 Å². The van der Waals surface area contributed by atoms with E-state index in [9.17, 15) is 0 Å². The Bertz CT molecular complexity index is 40.8. The van der Waals surface area contributed by atoms with Gasteiger partial charge in [0.05, 0.1) is 0 Å². The van der Waals surface area contributed by atoms with E-state index in [1.807, 2.05) is 11.8 Å². The zero-order valence-corrected chi connectivity index (χ0v) is 4.42. The van der Waals surface area contributed by atoms with Crippen molar-refractivity contribution in [2.75, 3.05) is 11.5 Å². The summed E-state index contributed by atoms with van der Waals surface area (Å²) in [6.07, 6.45) is 1.12. The molecule has 1 rings (SSSR count). The van der Waals surface area contributed by atoms with Gasteiger partial charge in [-0.05, 0) is 12.2 Å². The SMILES string of the molecule is [NH]C1CCSC1. The van der Waals surface area contributed by atoms with Crippen LogP contribution in [0, 0.1) is 0 Å². The first-order chi connectivity index (χ1) is 2.89. The van der Waals surface area contributed by atoms with Gasteiger partial charge in [0.1, 0.15) is 0 Å².